The molecule has 0 bridgehead atoms. The summed E-state index contributed by atoms with van der Waals surface area (Å²) in [6, 6.07) is 14.6. The molecule has 0 saturated carbocycles. The summed E-state index contributed by atoms with van der Waals surface area (Å²) in [5.41, 5.74) is 3.71. The van der Waals surface area contributed by atoms with Crippen LogP contribution in [0.3, 0.4) is 0 Å². The Balaban J connectivity index is 2.02. The number of rotatable bonds is 2. The van der Waals surface area contributed by atoms with E-state index < -0.39 is 0 Å². The molecule has 2 aromatic carbocycles. The molecule has 1 N–H and O–H groups in total. The molecule has 0 saturated heterocycles. The Kier molecular flexibility index (Phi) is 3.18. The van der Waals surface area contributed by atoms with E-state index in [0.29, 0.717) is 22.4 Å². The van der Waals surface area contributed by atoms with E-state index in [4.69, 9.17) is 0 Å². The van der Waals surface area contributed by atoms with E-state index in [1.165, 1.54) is 0 Å². The van der Waals surface area contributed by atoms with Crippen LogP contribution in [0.2, 0.25) is 0 Å². The third kappa shape index (κ3) is 2.27. The molecule has 2 aromatic rings. The van der Waals surface area contributed by atoms with Crippen LogP contribution in [0.1, 0.15) is 33.2 Å². The zero-order valence-electron chi connectivity index (χ0n) is 11.9. The van der Waals surface area contributed by atoms with Crippen LogP contribution in [0, 0.1) is 6.92 Å². The highest BCUT2D eigenvalue weighted by Gasteiger charge is 2.29. The summed E-state index contributed by atoms with van der Waals surface area (Å²) in [5, 5.41) is 3.09. The quantitative estimate of drug-likeness (QED) is 0.909. The van der Waals surface area contributed by atoms with Gasteiger partial charge in [-0.05, 0) is 26.0 Å². The molecule has 0 spiro atoms. The predicted octanol–water partition coefficient (Wildman–Crippen LogP) is 3.76. The second-order valence-corrected chi connectivity index (χ2v) is 5.19. The maximum absolute atomic E-state index is 12.6. The largest absolute Gasteiger partial charge is 0.352 e. The topological polar surface area (TPSA) is 46.2 Å². The van der Waals surface area contributed by atoms with Crippen molar-refractivity contribution in [3.8, 4) is 0 Å². The molecule has 0 radical (unpaired) electrons. The Morgan fingerprint density at radius 1 is 0.762 bits per heavy atom. The molecule has 104 valence electrons. The van der Waals surface area contributed by atoms with Gasteiger partial charge in [-0.2, -0.15) is 0 Å². The minimum absolute atomic E-state index is 0.0974. The van der Waals surface area contributed by atoms with Crippen LogP contribution in [0.4, 0.5) is 5.69 Å². The van der Waals surface area contributed by atoms with Crippen molar-refractivity contribution >= 4 is 17.3 Å². The van der Waals surface area contributed by atoms with Gasteiger partial charge in [0.2, 0.25) is 5.78 Å². The highest BCUT2D eigenvalue weighted by atomic mass is 16.1. The van der Waals surface area contributed by atoms with E-state index in [-0.39, 0.29) is 11.6 Å². The number of allylic oxidation sites excluding steroid dienone is 2. The van der Waals surface area contributed by atoms with Crippen LogP contribution >= 0.6 is 0 Å². The maximum atomic E-state index is 12.6. The average molecular weight is 277 g/mol. The number of hydrogen-bond donors (Lipinski definition) is 1. The molecule has 0 fully saturated rings. The number of anilines is 1. The van der Waals surface area contributed by atoms with Crippen molar-refractivity contribution < 1.29 is 9.59 Å². The number of fused-ring (bicyclic) bond motifs is 1. The molecular weight excluding hydrogens is 262 g/mol. The lowest BCUT2D eigenvalue weighted by Crippen LogP contribution is -2.24. The van der Waals surface area contributed by atoms with Gasteiger partial charge < -0.3 is 5.32 Å². The van der Waals surface area contributed by atoms with Gasteiger partial charge in [0.25, 0.3) is 0 Å². The zero-order valence-corrected chi connectivity index (χ0v) is 11.9. The van der Waals surface area contributed by atoms with Crippen molar-refractivity contribution in [3.05, 3.63) is 76.5 Å². The third-order valence-electron chi connectivity index (χ3n) is 3.68. The van der Waals surface area contributed by atoms with Crippen molar-refractivity contribution in [2.75, 3.05) is 5.32 Å². The van der Waals surface area contributed by atoms with Crippen molar-refractivity contribution in [2.45, 2.75) is 13.8 Å². The molecule has 3 heteroatoms. The van der Waals surface area contributed by atoms with Crippen LogP contribution in [0.15, 0.2) is 59.8 Å². The van der Waals surface area contributed by atoms with Crippen LogP contribution in [-0.4, -0.2) is 11.6 Å². The SMILES string of the molecule is CC1=C(Nc2ccc(C)cc2)C(=O)c2ccccc2C1=O. The second kappa shape index (κ2) is 5.02. The van der Waals surface area contributed by atoms with Gasteiger partial charge in [-0.1, -0.05) is 42.0 Å². The van der Waals surface area contributed by atoms with Gasteiger partial charge >= 0.3 is 0 Å². The Hall–Kier alpha value is -2.68. The number of aryl methyl sites for hydroxylation is 1. The number of carbonyl (C=O) groups excluding carboxylic acids is 2. The first kappa shape index (κ1) is 13.3. The first-order valence-corrected chi connectivity index (χ1v) is 6.81. The van der Waals surface area contributed by atoms with E-state index >= 15 is 0 Å². The molecule has 1 aliphatic carbocycles. The van der Waals surface area contributed by atoms with Gasteiger partial charge in [-0.25, -0.2) is 0 Å². The number of nitrogens with one attached hydrogen (secondary N) is 1. The summed E-state index contributed by atoms with van der Waals surface area (Å²) in [4.78, 5) is 24.9. The number of hydrogen-bond acceptors (Lipinski definition) is 3. The van der Waals surface area contributed by atoms with Crippen molar-refractivity contribution in [3.63, 3.8) is 0 Å². The van der Waals surface area contributed by atoms with E-state index in [0.717, 1.165) is 11.3 Å². The molecule has 1 aliphatic rings. The zero-order chi connectivity index (χ0) is 15.0. The minimum atomic E-state index is -0.136. The van der Waals surface area contributed by atoms with Crippen molar-refractivity contribution in [2.24, 2.45) is 0 Å². The highest BCUT2D eigenvalue weighted by molar-refractivity contribution is 6.27. The standard InChI is InChI=1S/C18H15NO2/c1-11-7-9-13(10-8-11)19-16-12(2)17(20)14-5-3-4-6-15(14)18(16)21/h3-10,19H,1-2H3. The normalized spacial score (nSPS) is 14.2. The van der Waals surface area contributed by atoms with E-state index in [1.807, 2.05) is 31.2 Å². The number of benzene rings is 2. The average Bonchev–Trinajstić information content (AvgIpc) is 2.51. The molecule has 0 aromatic heterocycles. The van der Waals surface area contributed by atoms with E-state index in [1.54, 1.807) is 31.2 Å². The second-order valence-electron chi connectivity index (χ2n) is 5.19. The summed E-state index contributed by atoms with van der Waals surface area (Å²) >= 11 is 0. The maximum Gasteiger partial charge on any atom is 0.210 e. The number of carbonyl (C=O) groups is 2. The Morgan fingerprint density at radius 3 is 1.95 bits per heavy atom. The van der Waals surface area contributed by atoms with Crippen LogP contribution in [0.25, 0.3) is 0 Å². The highest BCUT2D eigenvalue weighted by Crippen LogP contribution is 2.27. The molecule has 0 unspecified atom stereocenters. The Morgan fingerprint density at radius 2 is 1.33 bits per heavy atom. The fraction of sp³-hybridized carbons (Fsp3) is 0.111. The van der Waals surface area contributed by atoms with Crippen LogP contribution in [0.5, 0.6) is 0 Å². The van der Waals surface area contributed by atoms with Gasteiger partial charge in [0, 0.05) is 22.4 Å². The molecule has 3 nitrogen and oxygen atoms in total. The van der Waals surface area contributed by atoms with Crippen molar-refractivity contribution in [1.82, 2.24) is 0 Å². The summed E-state index contributed by atoms with van der Waals surface area (Å²) in [7, 11) is 0. The van der Waals surface area contributed by atoms with E-state index in [2.05, 4.69) is 5.32 Å². The van der Waals surface area contributed by atoms with E-state index in [9.17, 15) is 9.59 Å². The lowest BCUT2D eigenvalue weighted by Gasteiger charge is -2.20. The van der Waals surface area contributed by atoms with Crippen molar-refractivity contribution in [1.29, 1.82) is 0 Å². The summed E-state index contributed by atoms with van der Waals surface area (Å²) in [6.07, 6.45) is 0. The Bertz CT molecular complexity index is 770. The third-order valence-corrected chi connectivity index (χ3v) is 3.68. The molecular formula is C18H15NO2. The van der Waals surface area contributed by atoms with Gasteiger partial charge in [0.15, 0.2) is 5.78 Å². The first-order chi connectivity index (χ1) is 10.1. The van der Waals surface area contributed by atoms with Gasteiger partial charge in [0.05, 0.1) is 5.70 Å². The van der Waals surface area contributed by atoms with Gasteiger partial charge in [-0.3, -0.25) is 9.59 Å². The number of Topliss-reactive ketones (excluding diaryl/α,β-unsaturated/α-hetero) is 2. The molecule has 0 amide bonds. The predicted molar refractivity (Wildman–Crippen MR) is 82.6 cm³/mol. The lowest BCUT2D eigenvalue weighted by molar-refractivity contribution is 0.0976. The monoisotopic (exact) mass is 277 g/mol. The van der Waals surface area contributed by atoms with Gasteiger partial charge in [-0.15, -0.1) is 0 Å². The summed E-state index contributed by atoms with van der Waals surface area (Å²) in [6.45, 7) is 3.69. The smallest absolute Gasteiger partial charge is 0.210 e. The fourth-order valence-electron chi connectivity index (χ4n) is 2.43. The fourth-order valence-corrected chi connectivity index (χ4v) is 2.43. The number of ketones is 2. The molecule has 3 rings (SSSR count). The lowest BCUT2D eigenvalue weighted by atomic mass is 9.88. The van der Waals surface area contributed by atoms with Crippen LogP contribution < -0.4 is 5.32 Å². The summed E-state index contributed by atoms with van der Waals surface area (Å²) < 4.78 is 0. The minimum Gasteiger partial charge on any atom is -0.352 e. The Labute approximate surface area is 123 Å². The summed E-state index contributed by atoms with van der Waals surface area (Å²) in [5.74, 6) is -0.233. The molecule has 0 heterocycles. The van der Waals surface area contributed by atoms with Crippen LogP contribution in [-0.2, 0) is 0 Å². The van der Waals surface area contributed by atoms with Gasteiger partial charge in [0.1, 0.15) is 0 Å². The molecule has 0 atom stereocenters. The molecule has 21 heavy (non-hydrogen) atoms. The first-order valence-electron chi connectivity index (χ1n) is 6.81. The molecule has 0 aliphatic heterocycles.